The molecule has 0 bridgehead atoms. The first-order chi connectivity index (χ1) is 10.8. The van der Waals surface area contributed by atoms with Crippen LogP contribution >= 0.6 is 11.6 Å². The van der Waals surface area contributed by atoms with Gasteiger partial charge in [-0.1, -0.05) is 31.5 Å². The number of hydrogen-bond donors (Lipinski definition) is 2. The smallest absolute Gasteiger partial charge is 0.316 e. The summed E-state index contributed by atoms with van der Waals surface area (Å²) in [6.45, 7) is 4.82. The van der Waals surface area contributed by atoms with E-state index in [0.717, 1.165) is 18.4 Å². The Bertz CT molecular complexity index is 668. The predicted molar refractivity (Wildman–Crippen MR) is 88.6 cm³/mol. The summed E-state index contributed by atoms with van der Waals surface area (Å²) in [5, 5.41) is 12.6. The van der Waals surface area contributed by atoms with E-state index in [1.54, 1.807) is 12.1 Å². The lowest BCUT2D eigenvalue weighted by atomic mass is 9.87. The number of nitrogens with one attached hydrogen (secondary N) is 1. The van der Waals surface area contributed by atoms with Crippen LogP contribution in [0.1, 0.15) is 32.3 Å². The number of nitrogens with zero attached hydrogens (tertiary/aromatic N) is 1. The second-order valence-electron chi connectivity index (χ2n) is 7.25. The van der Waals surface area contributed by atoms with Gasteiger partial charge in [0, 0.05) is 40.2 Å². The monoisotopic (exact) mass is 336 g/mol. The van der Waals surface area contributed by atoms with Gasteiger partial charge in [-0.05, 0) is 25.0 Å². The molecule has 1 aromatic rings. The molecule has 2 amide bonds. The fourth-order valence-electron chi connectivity index (χ4n) is 3.18. The summed E-state index contributed by atoms with van der Waals surface area (Å²) >= 11 is 6.29. The normalized spacial score (nSPS) is 20.1. The van der Waals surface area contributed by atoms with Crippen molar-refractivity contribution in [3.05, 3.63) is 28.8 Å². The van der Waals surface area contributed by atoms with Crippen LogP contribution < -0.4 is 10.2 Å². The van der Waals surface area contributed by atoms with Crippen LogP contribution in [0, 0.1) is 5.41 Å². The highest BCUT2D eigenvalue weighted by molar-refractivity contribution is 6.41. The summed E-state index contributed by atoms with van der Waals surface area (Å²) in [6.07, 6.45) is 1.76. The van der Waals surface area contributed by atoms with Crippen molar-refractivity contribution in [3.8, 4) is 0 Å². The van der Waals surface area contributed by atoms with Gasteiger partial charge in [-0.2, -0.15) is 0 Å². The molecule has 0 spiro atoms. The lowest BCUT2D eigenvalue weighted by Crippen LogP contribution is -2.45. The summed E-state index contributed by atoms with van der Waals surface area (Å²) in [7, 11) is 0. The van der Waals surface area contributed by atoms with E-state index in [9.17, 15) is 14.7 Å². The van der Waals surface area contributed by atoms with Crippen molar-refractivity contribution in [1.82, 2.24) is 5.32 Å². The third kappa shape index (κ3) is 2.83. The molecule has 5 nitrogen and oxygen atoms in total. The largest absolute Gasteiger partial charge is 0.396 e. The van der Waals surface area contributed by atoms with Gasteiger partial charge in [-0.15, -0.1) is 0 Å². The third-order valence-electron chi connectivity index (χ3n) is 4.87. The number of carbonyl (C=O) groups is 2. The van der Waals surface area contributed by atoms with E-state index < -0.39 is 11.8 Å². The maximum atomic E-state index is 12.5. The Balaban J connectivity index is 1.76. The zero-order chi connectivity index (χ0) is 16.8. The van der Waals surface area contributed by atoms with Crippen LogP contribution in [0.25, 0.3) is 0 Å². The minimum absolute atomic E-state index is 0.0384. The van der Waals surface area contributed by atoms with Gasteiger partial charge >= 0.3 is 11.8 Å². The third-order valence-corrected chi connectivity index (χ3v) is 5.18. The van der Waals surface area contributed by atoms with Crippen molar-refractivity contribution in [2.75, 3.05) is 24.6 Å². The first-order valence-electron chi connectivity index (χ1n) is 7.79. The average Bonchev–Trinajstić information content (AvgIpc) is 3.24. The second-order valence-corrected chi connectivity index (χ2v) is 7.66. The first-order valence-corrected chi connectivity index (χ1v) is 8.17. The number of aliphatic hydroxyl groups is 1. The number of anilines is 1. The molecule has 1 aliphatic carbocycles. The van der Waals surface area contributed by atoms with Crippen LogP contribution in [0.5, 0.6) is 0 Å². The number of benzene rings is 1. The van der Waals surface area contributed by atoms with E-state index in [-0.39, 0.29) is 17.4 Å². The van der Waals surface area contributed by atoms with E-state index in [1.165, 1.54) is 4.90 Å². The molecule has 23 heavy (non-hydrogen) atoms. The number of amides is 2. The minimum atomic E-state index is -0.631. The highest BCUT2D eigenvalue weighted by Gasteiger charge is 2.44. The maximum absolute atomic E-state index is 12.5. The number of rotatable bonds is 3. The minimum Gasteiger partial charge on any atom is -0.396 e. The second kappa shape index (κ2) is 5.49. The molecule has 1 fully saturated rings. The van der Waals surface area contributed by atoms with E-state index in [1.807, 2.05) is 19.9 Å². The molecular weight excluding hydrogens is 316 g/mol. The fourth-order valence-corrected chi connectivity index (χ4v) is 3.61. The van der Waals surface area contributed by atoms with Crippen LogP contribution in [0.2, 0.25) is 5.02 Å². The maximum Gasteiger partial charge on any atom is 0.316 e. The Hall–Kier alpha value is -1.59. The van der Waals surface area contributed by atoms with Gasteiger partial charge in [0.1, 0.15) is 0 Å². The lowest BCUT2D eigenvalue weighted by Gasteiger charge is -2.21. The Labute approximate surface area is 140 Å². The van der Waals surface area contributed by atoms with E-state index >= 15 is 0 Å². The van der Waals surface area contributed by atoms with Crippen LogP contribution in [0.3, 0.4) is 0 Å². The van der Waals surface area contributed by atoms with Gasteiger partial charge in [0.2, 0.25) is 0 Å². The van der Waals surface area contributed by atoms with Crippen molar-refractivity contribution in [1.29, 1.82) is 0 Å². The summed E-state index contributed by atoms with van der Waals surface area (Å²) in [6, 6.07) is 5.40. The molecule has 2 aliphatic rings. The number of halogens is 1. The zero-order valence-electron chi connectivity index (χ0n) is 13.4. The van der Waals surface area contributed by atoms with E-state index in [0.29, 0.717) is 23.8 Å². The van der Waals surface area contributed by atoms with Crippen LogP contribution in [-0.2, 0) is 15.0 Å². The molecule has 0 radical (unpaired) electrons. The first kappa shape index (κ1) is 16.3. The number of carbonyl (C=O) groups excluding carboxylic acids is 2. The Morgan fingerprint density at radius 3 is 2.65 bits per heavy atom. The number of hydrogen-bond acceptors (Lipinski definition) is 3. The topological polar surface area (TPSA) is 69.6 Å². The van der Waals surface area contributed by atoms with Gasteiger partial charge in [-0.25, -0.2) is 0 Å². The van der Waals surface area contributed by atoms with Gasteiger partial charge in [0.25, 0.3) is 0 Å². The molecule has 1 aliphatic heterocycles. The van der Waals surface area contributed by atoms with Gasteiger partial charge < -0.3 is 15.3 Å². The molecule has 1 saturated carbocycles. The standard InChI is InChI=1S/C17H21ClN2O3/c1-16(2)9-20(12-5-3-4-11(18)13(12)16)15(23)14(22)19-8-17(10-21)6-7-17/h3-5,21H,6-10H2,1-2H3,(H,19,22). The summed E-state index contributed by atoms with van der Waals surface area (Å²) in [4.78, 5) is 26.2. The van der Waals surface area contributed by atoms with Gasteiger partial charge in [0.05, 0.1) is 6.61 Å². The van der Waals surface area contributed by atoms with Crippen molar-refractivity contribution < 1.29 is 14.7 Å². The SMILES string of the molecule is CC1(C)CN(C(=O)C(=O)NCC2(CO)CC2)c2cccc(Cl)c21. The molecule has 0 atom stereocenters. The summed E-state index contributed by atoms with van der Waals surface area (Å²) in [5.41, 5.74) is 1.08. The van der Waals surface area contributed by atoms with Crippen molar-refractivity contribution in [3.63, 3.8) is 0 Å². The molecule has 124 valence electrons. The van der Waals surface area contributed by atoms with Crippen molar-refractivity contribution in [2.45, 2.75) is 32.1 Å². The molecule has 0 unspecified atom stereocenters. The van der Waals surface area contributed by atoms with Crippen LogP contribution in [0.15, 0.2) is 18.2 Å². The summed E-state index contributed by atoms with van der Waals surface area (Å²) < 4.78 is 0. The molecular formula is C17H21ClN2O3. The lowest BCUT2D eigenvalue weighted by molar-refractivity contribution is -0.137. The van der Waals surface area contributed by atoms with Crippen LogP contribution in [-0.4, -0.2) is 36.6 Å². The van der Waals surface area contributed by atoms with E-state index in [4.69, 9.17) is 11.6 Å². The average molecular weight is 337 g/mol. The Kier molecular flexibility index (Phi) is 3.89. The highest BCUT2D eigenvalue weighted by atomic mass is 35.5. The van der Waals surface area contributed by atoms with Gasteiger partial charge in [-0.3, -0.25) is 9.59 Å². The molecule has 0 saturated heterocycles. The predicted octanol–water partition coefficient (Wildman–Crippen LogP) is 1.85. The molecule has 2 N–H and O–H groups in total. The van der Waals surface area contributed by atoms with E-state index in [2.05, 4.69) is 5.32 Å². The fraction of sp³-hybridized carbons (Fsp3) is 0.529. The molecule has 1 aromatic carbocycles. The molecule has 1 heterocycles. The quantitative estimate of drug-likeness (QED) is 0.828. The van der Waals surface area contributed by atoms with Crippen molar-refractivity contribution in [2.24, 2.45) is 5.41 Å². The molecule has 6 heteroatoms. The molecule has 0 aromatic heterocycles. The zero-order valence-corrected chi connectivity index (χ0v) is 14.1. The molecule has 3 rings (SSSR count). The number of fused-ring (bicyclic) bond motifs is 1. The van der Waals surface area contributed by atoms with Crippen molar-refractivity contribution >= 4 is 29.1 Å². The summed E-state index contributed by atoms with van der Waals surface area (Å²) in [5.74, 6) is -1.21. The Morgan fingerprint density at radius 2 is 2.04 bits per heavy atom. The highest BCUT2D eigenvalue weighted by Crippen LogP contribution is 2.45. The van der Waals surface area contributed by atoms with Crippen LogP contribution in [0.4, 0.5) is 5.69 Å². The number of aliphatic hydroxyl groups excluding tert-OH is 1. The van der Waals surface area contributed by atoms with Gasteiger partial charge in [0.15, 0.2) is 0 Å². The Morgan fingerprint density at radius 1 is 1.35 bits per heavy atom.